The highest BCUT2D eigenvalue weighted by molar-refractivity contribution is 9.10. The zero-order chi connectivity index (χ0) is 11.1. The van der Waals surface area contributed by atoms with Crippen LogP contribution in [0.2, 0.25) is 0 Å². The van der Waals surface area contributed by atoms with Crippen molar-refractivity contribution in [3.8, 4) is 5.75 Å². The molecule has 0 amide bonds. The van der Waals surface area contributed by atoms with E-state index in [1.165, 1.54) is 31.5 Å². The number of fused-ring (bicyclic) bond motifs is 1. The van der Waals surface area contributed by atoms with Crippen LogP contribution in [0.3, 0.4) is 0 Å². The molecule has 2 aliphatic rings. The van der Waals surface area contributed by atoms with Crippen molar-refractivity contribution in [2.75, 3.05) is 26.7 Å². The molecule has 3 heterocycles. The van der Waals surface area contributed by atoms with Crippen molar-refractivity contribution >= 4 is 15.9 Å². The molecule has 0 saturated carbocycles. The van der Waals surface area contributed by atoms with Gasteiger partial charge in [0.25, 0.3) is 0 Å². The van der Waals surface area contributed by atoms with E-state index >= 15 is 0 Å². The van der Waals surface area contributed by atoms with E-state index in [4.69, 9.17) is 4.74 Å². The number of hydrogen-bond acceptors (Lipinski definition) is 2. The van der Waals surface area contributed by atoms with E-state index in [-0.39, 0.29) is 0 Å². The maximum absolute atomic E-state index is 5.74. The van der Waals surface area contributed by atoms with Crippen LogP contribution in [0, 0.1) is 5.92 Å². The molecule has 0 bridgehead atoms. The van der Waals surface area contributed by atoms with Crippen LogP contribution < -0.4 is 4.74 Å². The molecule has 4 heteroatoms. The smallest absolute Gasteiger partial charge is 0.141 e. The molecule has 2 atom stereocenters. The maximum Gasteiger partial charge on any atom is 0.141 e. The maximum atomic E-state index is 5.74. The van der Waals surface area contributed by atoms with Crippen LogP contribution in [0.5, 0.6) is 5.75 Å². The number of likely N-dealkylation sites (tertiary alicyclic amines) is 1. The molecular weight excluding hydrogens is 268 g/mol. The molecule has 1 saturated heterocycles. The molecule has 0 spiro atoms. The summed E-state index contributed by atoms with van der Waals surface area (Å²) in [7, 11) is 2.22. The van der Waals surface area contributed by atoms with Crippen molar-refractivity contribution in [1.82, 2.24) is 9.88 Å². The quantitative estimate of drug-likeness (QED) is 0.859. The molecule has 3 nitrogen and oxygen atoms in total. The highest BCUT2D eigenvalue weighted by atomic mass is 79.9. The average molecular weight is 285 g/mol. The van der Waals surface area contributed by atoms with Crippen LogP contribution in [-0.2, 0) is 0 Å². The van der Waals surface area contributed by atoms with Crippen molar-refractivity contribution in [3.05, 3.63) is 16.4 Å². The fourth-order valence-electron chi connectivity index (χ4n) is 3.03. The SMILES string of the molecule is CN1CCCC(C2COc3c[nH]c(Br)c32)C1. The molecule has 1 fully saturated rings. The molecule has 0 aliphatic carbocycles. The first-order valence-corrected chi connectivity index (χ1v) is 6.73. The first kappa shape index (κ1) is 10.7. The third-order valence-electron chi connectivity index (χ3n) is 3.85. The van der Waals surface area contributed by atoms with E-state index in [1.54, 1.807) is 0 Å². The van der Waals surface area contributed by atoms with E-state index in [9.17, 15) is 0 Å². The highest BCUT2D eigenvalue weighted by Gasteiger charge is 2.35. The second-order valence-electron chi connectivity index (χ2n) is 4.96. The predicted molar refractivity (Wildman–Crippen MR) is 66.9 cm³/mol. The van der Waals surface area contributed by atoms with Gasteiger partial charge in [-0.3, -0.25) is 0 Å². The summed E-state index contributed by atoms with van der Waals surface area (Å²) < 4.78 is 6.85. The number of rotatable bonds is 1. The number of aromatic amines is 1. The summed E-state index contributed by atoms with van der Waals surface area (Å²) in [6.07, 6.45) is 4.61. The van der Waals surface area contributed by atoms with Crippen LogP contribution in [0.15, 0.2) is 10.8 Å². The summed E-state index contributed by atoms with van der Waals surface area (Å²) in [5, 5.41) is 0. The summed E-state index contributed by atoms with van der Waals surface area (Å²) in [6.45, 7) is 3.30. The zero-order valence-corrected chi connectivity index (χ0v) is 11.1. The topological polar surface area (TPSA) is 28.3 Å². The van der Waals surface area contributed by atoms with Gasteiger partial charge in [-0.25, -0.2) is 0 Å². The number of halogens is 1. The van der Waals surface area contributed by atoms with Gasteiger partial charge in [0.1, 0.15) is 5.75 Å². The van der Waals surface area contributed by atoms with E-state index in [1.807, 2.05) is 6.20 Å². The van der Waals surface area contributed by atoms with Crippen molar-refractivity contribution in [1.29, 1.82) is 0 Å². The molecular formula is C12H17BrN2O. The number of hydrogen-bond donors (Lipinski definition) is 1. The van der Waals surface area contributed by atoms with Crippen LogP contribution in [0.25, 0.3) is 0 Å². The van der Waals surface area contributed by atoms with Gasteiger partial charge in [0.2, 0.25) is 0 Å². The van der Waals surface area contributed by atoms with E-state index in [0.717, 1.165) is 22.9 Å². The molecule has 1 N–H and O–H groups in total. The summed E-state index contributed by atoms with van der Waals surface area (Å²) in [5.74, 6) is 2.36. The Balaban J connectivity index is 1.83. The van der Waals surface area contributed by atoms with Crippen molar-refractivity contribution in [3.63, 3.8) is 0 Å². The Bertz CT molecular complexity index is 390. The minimum Gasteiger partial charge on any atom is -0.491 e. The van der Waals surface area contributed by atoms with Gasteiger partial charge in [0, 0.05) is 24.2 Å². The lowest BCUT2D eigenvalue weighted by Crippen LogP contribution is -2.35. The van der Waals surface area contributed by atoms with E-state index in [2.05, 4.69) is 32.9 Å². The number of piperidine rings is 1. The number of aromatic nitrogens is 1. The Labute approximate surface area is 104 Å². The molecule has 0 radical (unpaired) electrons. The molecule has 2 aliphatic heterocycles. The third-order valence-corrected chi connectivity index (χ3v) is 4.51. The second-order valence-corrected chi connectivity index (χ2v) is 5.76. The fraction of sp³-hybridized carbons (Fsp3) is 0.667. The van der Waals surface area contributed by atoms with Gasteiger partial charge in [-0.15, -0.1) is 0 Å². The summed E-state index contributed by atoms with van der Waals surface area (Å²) in [5.41, 5.74) is 1.36. The molecule has 0 aromatic carbocycles. The Morgan fingerprint density at radius 2 is 2.44 bits per heavy atom. The lowest BCUT2D eigenvalue weighted by atomic mass is 9.83. The molecule has 88 valence electrons. The van der Waals surface area contributed by atoms with Crippen LogP contribution in [-0.4, -0.2) is 36.6 Å². The molecule has 3 rings (SSSR count). The summed E-state index contributed by atoms with van der Waals surface area (Å²) in [6, 6.07) is 0. The molecule has 16 heavy (non-hydrogen) atoms. The van der Waals surface area contributed by atoms with E-state index in [0.29, 0.717) is 5.92 Å². The molecule has 2 unspecified atom stereocenters. The predicted octanol–water partition coefficient (Wildman–Crippen LogP) is 2.60. The van der Waals surface area contributed by atoms with Crippen LogP contribution in [0.1, 0.15) is 24.3 Å². The van der Waals surface area contributed by atoms with Crippen LogP contribution in [0.4, 0.5) is 0 Å². The van der Waals surface area contributed by atoms with Gasteiger partial charge >= 0.3 is 0 Å². The first-order valence-electron chi connectivity index (χ1n) is 5.94. The van der Waals surface area contributed by atoms with Crippen molar-refractivity contribution in [2.45, 2.75) is 18.8 Å². The Kier molecular flexibility index (Phi) is 2.72. The number of nitrogens with one attached hydrogen (secondary N) is 1. The van der Waals surface area contributed by atoms with Gasteiger partial charge in [0.15, 0.2) is 0 Å². The average Bonchev–Trinajstić information content (AvgIpc) is 2.82. The minimum absolute atomic E-state index is 0.568. The monoisotopic (exact) mass is 284 g/mol. The largest absolute Gasteiger partial charge is 0.491 e. The zero-order valence-electron chi connectivity index (χ0n) is 9.50. The Hall–Kier alpha value is -0.480. The molecule has 1 aromatic heterocycles. The normalized spacial score (nSPS) is 30.1. The minimum atomic E-state index is 0.568. The lowest BCUT2D eigenvalue weighted by molar-refractivity contribution is 0.171. The van der Waals surface area contributed by atoms with Gasteiger partial charge in [-0.05, 0) is 48.3 Å². The van der Waals surface area contributed by atoms with Gasteiger partial charge in [-0.2, -0.15) is 0 Å². The Morgan fingerprint density at radius 3 is 3.25 bits per heavy atom. The lowest BCUT2D eigenvalue weighted by Gasteiger charge is -2.32. The number of ether oxygens (including phenoxy) is 1. The van der Waals surface area contributed by atoms with Gasteiger partial charge in [-0.1, -0.05) is 0 Å². The second kappa shape index (κ2) is 4.08. The van der Waals surface area contributed by atoms with Crippen molar-refractivity contribution in [2.24, 2.45) is 5.92 Å². The summed E-state index contributed by atoms with van der Waals surface area (Å²) >= 11 is 3.59. The van der Waals surface area contributed by atoms with Gasteiger partial charge < -0.3 is 14.6 Å². The number of nitrogens with zero attached hydrogens (tertiary/aromatic N) is 1. The fourth-order valence-corrected chi connectivity index (χ4v) is 3.63. The van der Waals surface area contributed by atoms with Crippen LogP contribution >= 0.6 is 15.9 Å². The van der Waals surface area contributed by atoms with Crippen molar-refractivity contribution < 1.29 is 4.74 Å². The standard InChI is InChI=1S/C12H17BrN2O/c1-15-4-2-3-8(6-15)9-7-16-10-5-14-12(13)11(9)10/h5,8-9,14H,2-4,6-7H2,1H3. The number of H-pyrrole nitrogens is 1. The third kappa shape index (κ3) is 1.68. The summed E-state index contributed by atoms with van der Waals surface area (Å²) in [4.78, 5) is 5.63. The first-order chi connectivity index (χ1) is 7.75. The van der Waals surface area contributed by atoms with Gasteiger partial charge in [0.05, 0.1) is 11.2 Å². The van der Waals surface area contributed by atoms with E-state index < -0.39 is 0 Å². The Morgan fingerprint density at radius 1 is 1.56 bits per heavy atom. The molecule has 1 aromatic rings. The highest BCUT2D eigenvalue weighted by Crippen LogP contribution is 2.44.